The highest BCUT2D eigenvalue weighted by atomic mass is 19.1. The number of carbonyl (C=O) groups excluding carboxylic acids is 1. The molecule has 5 heteroatoms. The fourth-order valence-electron chi connectivity index (χ4n) is 4.02. The van der Waals surface area contributed by atoms with Crippen molar-refractivity contribution in [3.05, 3.63) is 35.4 Å². The first kappa shape index (κ1) is 16.4. The first-order chi connectivity index (χ1) is 11.0. The van der Waals surface area contributed by atoms with Gasteiger partial charge in [0, 0.05) is 17.7 Å². The van der Waals surface area contributed by atoms with Crippen LogP contribution in [0.4, 0.5) is 8.78 Å². The van der Waals surface area contributed by atoms with Crippen LogP contribution in [0.15, 0.2) is 18.2 Å². The van der Waals surface area contributed by atoms with E-state index in [2.05, 4.69) is 5.32 Å². The Morgan fingerprint density at radius 1 is 1.13 bits per heavy atom. The molecule has 2 aliphatic rings. The Morgan fingerprint density at radius 2 is 1.78 bits per heavy atom. The zero-order valence-electron chi connectivity index (χ0n) is 13.2. The maximum atomic E-state index is 14.3. The zero-order chi connectivity index (χ0) is 16.4. The SMILES string of the molecule is O=C(NC1CCC(O)CC1)C1(c2ccc(F)cc2F)CCCC1. The minimum Gasteiger partial charge on any atom is -0.393 e. The van der Waals surface area contributed by atoms with Crippen LogP contribution < -0.4 is 5.32 Å². The van der Waals surface area contributed by atoms with Crippen molar-refractivity contribution in [1.29, 1.82) is 0 Å². The summed E-state index contributed by atoms with van der Waals surface area (Å²) in [6.45, 7) is 0. The fraction of sp³-hybridized carbons (Fsp3) is 0.611. The molecular weight excluding hydrogens is 300 g/mol. The molecule has 3 nitrogen and oxygen atoms in total. The van der Waals surface area contributed by atoms with Gasteiger partial charge in [0.05, 0.1) is 11.5 Å². The number of aliphatic hydroxyl groups is 1. The Hall–Kier alpha value is -1.49. The number of carbonyl (C=O) groups is 1. The molecule has 0 spiro atoms. The molecule has 2 N–H and O–H groups in total. The third-order valence-corrected chi connectivity index (χ3v) is 5.37. The summed E-state index contributed by atoms with van der Waals surface area (Å²) in [4.78, 5) is 12.9. The van der Waals surface area contributed by atoms with Gasteiger partial charge in [-0.05, 0) is 44.6 Å². The van der Waals surface area contributed by atoms with Crippen molar-refractivity contribution >= 4 is 5.91 Å². The molecule has 1 aromatic rings. The van der Waals surface area contributed by atoms with E-state index in [0.29, 0.717) is 31.2 Å². The van der Waals surface area contributed by atoms with Crippen LogP contribution in [0.3, 0.4) is 0 Å². The third-order valence-electron chi connectivity index (χ3n) is 5.37. The van der Waals surface area contributed by atoms with E-state index in [1.165, 1.54) is 12.1 Å². The van der Waals surface area contributed by atoms with E-state index in [1.807, 2.05) is 0 Å². The first-order valence-corrected chi connectivity index (χ1v) is 8.46. The van der Waals surface area contributed by atoms with Gasteiger partial charge in [-0.15, -0.1) is 0 Å². The van der Waals surface area contributed by atoms with Gasteiger partial charge in [0.2, 0.25) is 5.91 Å². The first-order valence-electron chi connectivity index (χ1n) is 8.46. The molecule has 0 aromatic heterocycles. The number of aliphatic hydroxyl groups excluding tert-OH is 1. The van der Waals surface area contributed by atoms with Crippen LogP contribution in [-0.2, 0) is 10.2 Å². The molecule has 1 aromatic carbocycles. The highest BCUT2D eigenvalue weighted by Crippen LogP contribution is 2.42. The van der Waals surface area contributed by atoms with Crippen LogP contribution in [0.2, 0.25) is 0 Å². The summed E-state index contributed by atoms with van der Waals surface area (Å²) in [5.74, 6) is -1.41. The number of hydrogen-bond donors (Lipinski definition) is 2. The molecule has 2 aliphatic carbocycles. The van der Waals surface area contributed by atoms with Crippen molar-refractivity contribution in [2.75, 3.05) is 0 Å². The lowest BCUT2D eigenvalue weighted by atomic mass is 9.77. The van der Waals surface area contributed by atoms with Crippen molar-refractivity contribution < 1.29 is 18.7 Å². The summed E-state index contributed by atoms with van der Waals surface area (Å²) in [7, 11) is 0. The molecular formula is C18H23F2NO2. The average molecular weight is 323 g/mol. The van der Waals surface area contributed by atoms with Crippen LogP contribution in [0, 0.1) is 11.6 Å². The second kappa shape index (κ2) is 6.56. The number of benzene rings is 1. The zero-order valence-corrected chi connectivity index (χ0v) is 13.2. The van der Waals surface area contributed by atoms with Crippen LogP contribution in [0.1, 0.15) is 56.9 Å². The molecule has 23 heavy (non-hydrogen) atoms. The highest BCUT2D eigenvalue weighted by Gasteiger charge is 2.45. The van der Waals surface area contributed by atoms with E-state index < -0.39 is 17.0 Å². The van der Waals surface area contributed by atoms with Crippen molar-refractivity contribution in [2.45, 2.75) is 68.9 Å². The van der Waals surface area contributed by atoms with Gasteiger partial charge in [-0.2, -0.15) is 0 Å². The Balaban J connectivity index is 1.81. The van der Waals surface area contributed by atoms with E-state index >= 15 is 0 Å². The van der Waals surface area contributed by atoms with Gasteiger partial charge in [0.1, 0.15) is 11.6 Å². The molecule has 0 radical (unpaired) electrons. The van der Waals surface area contributed by atoms with Gasteiger partial charge >= 0.3 is 0 Å². The fourth-order valence-corrected chi connectivity index (χ4v) is 4.02. The van der Waals surface area contributed by atoms with E-state index in [4.69, 9.17) is 0 Å². The van der Waals surface area contributed by atoms with Crippen LogP contribution >= 0.6 is 0 Å². The molecule has 0 saturated heterocycles. The number of amides is 1. The molecule has 1 amide bonds. The van der Waals surface area contributed by atoms with Crippen molar-refractivity contribution in [2.24, 2.45) is 0 Å². The van der Waals surface area contributed by atoms with E-state index in [0.717, 1.165) is 31.7 Å². The average Bonchev–Trinajstić information content (AvgIpc) is 3.00. The monoisotopic (exact) mass is 323 g/mol. The van der Waals surface area contributed by atoms with Crippen LogP contribution in [0.25, 0.3) is 0 Å². The topological polar surface area (TPSA) is 49.3 Å². The van der Waals surface area contributed by atoms with Crippen molar-refractivity contribution in [3.8, 4) is 0 Å². The van der Waals surface area contributed by atoms with Crippen molar-refractivity contribution in [3.63, 3.8) is 0 Å². The van der Waals surface area contributed by atoms with E-state index in [9.17, 15) is 18.7 Å². The normalized spacial score (nSPS) is 26.9. The predicted molar refractivity (Wildman–Crippen MR) is 82.9 cm³/mol. The quantitative estimate of drug-likeness (QED) is 0.897. The van der Waals surface area contributed by atoms with E-state index in [1.54, 1.807) is 0 Å². The van der Waals surface area contributed by atoms with Crippen molar-refractivity contribution in [1.82, 2.24) is 5.32 Å². The highest BCUT2D eigenvalue weighted by molar-refractivity contribution is 5.89. The lowest BCUT2D eigenvalue weighted by Gasteiger charge is -2.33. The Kier molecular flexibility index (Phi) is 4.67. The largest absolute Gasteiger partial charge is 0.393 e. The number of halogens is 2. The minimum absolute atomic E-state index is 0.0342. The molecule has 0 aliphatic heterocycles. The van der Waals surface area contributed by atoms with Gasteiger partial charge < -0.3 is 10.4 Å². The molecule has 0 heterocycles. The summed E-state index contributed by atoms with van der Waals surface area (Å²) in [6.07, 6.45) is 5.50. The Morgan fingerprint density at radius 3 is 2.39 bits per heavy atom. The molecule has 0 bridgehead atoms. The molecule has 2 saturated carbocycles. The molecule has 126 valence electrons. The lowest BCUT2D eigenvalue weighted by molar-refractivity contribution is -0.127. The third kappa shape index (κ3) is 3.25. The predicted octanol–water partition coefficient (Wildman–Crippen LogP) is 3.20. The number of hydrogen-bond acceptors (Lipinski definition) is 2. The summed E-state index contributed by atoms with van der Waals surface area (Å²) < 4.78 is 27.5. The van der Waals surface area contributed by atoms with Gasteiger partial charge in [0.25, 0.3) is 0 Å². The summed E-state index contributed by atoms with van der Waals surface area (Å²) in [5.41, 5.74) is -0.571. The Labute approximate surface area is 135 Å². The van der Waals surface area contributed by atoms with E-state index in [-0.39, 0.29) is 18.1 Å². The Bertz CT molecular complexity index is 576. The van der Waals surface area contributed by atoms with Crippen LogP contribution in [-0.4, -0.2) is 23.2 Å². The number of rotatable bonds is 3. The molecule has 2 fully saturated rings. The van der Waals surface area contributed by atoms with Crippen LogP contribution in [0.5, 0.6) is 0 Å². The molecule has 3 rings (SSSR count). The van der Waals surface area contributed by atoms with Gasteiger partial charge in [-0.25, -0.2) is 8.78 Å². The van der Waals surface area contributed by atoms with Gasteiger partial charge in [0.15, 0.2) is 0 Å². The summed E-state index contributed by atoms with van der Waals surface area (Å²) in [6, 6.07) is 3.54. The van der Waals surface area contributed by atoms with Gasteiger partial charge in [-0.1, -0.05) is 18.9 Å². The number of nitrogens with one attached hydrogen (secondary N) is 1. The molecule has 0 unspecified atom stereocenters. The lowest BCUT2D eigenvalue weighted by Crippen LogP contribution is -2.48. The van der Waals surface area contributed by atoms with Gasteiger partial charge in [-0.3, -0.25) is 4.79 Å². The standard InChI is InChI=1S/C18H23F2NO2/c19-12-3-8-15(16(20)11-12)18(9-1-2-10-18)17(23)21-13-4-6-14(22)7-5-13/h3,8,11,13-14,22H,1-2,4-7,9-10H2,(H,21,23). The smallest absolute Gasteiger partial charge is 0.230 e. The second-order valence-corrected chi connectivity index (χ2v) is 6.89. The minimum atomic E-state index is -0.881. The second-order valence-electron chi connectivity index (χ2n) is 6.89. The summed E-state index contributed by atoms with van der Waals surface area (Å²) >= 11 is 0. The maximum absolute atomic E-state index is 14.3. The summed E-state index contributed by atoms with van der Waals surface area (Å²) in [5, 5.41) is 12.6. The molecule has 0 atom stereocenters. The maximum Gasteiger partial charge on any atom is 0.230 e.